The summed E-state index contributed by atoms with van der Waals surface area (Å²) in [6.45, 7) is 3.29. The summed E-state index contributed by atoms with van der Waals surface area (Å²) >= 11 is 1.56. The predicted molar refractivity (Wildman–Crippen MR) is 113 cm³/mol. The number of thiophene rings is 1. The zero-order valence-corrected chi connectivity index (χ0v) is 20.8. The Hall–Kier alpha value is -0.586. The molecule has 4 nitrogen and oxygen atoms in total. The van der Waals surface area contributed by atoms with Gasteiger partial charge in [-0.15, -0.1) is 10.3 Å². The van der Waals surface area contributed by atoms with Gasteiger partial charge in [-0.2, -0.15) is 12.1 Å². The zero-order chi connectivity index (χ0) is 19.8. The van der Waals surface area contributed by atoms with Gasteiger partial charge in [0.1, 0.15) is 0 Å². The molecule has 155 valence electrons. The van der Waals surface area contributed by atoms with E-state index in [1.165, 1.54) is 19.3 Å². The van der Waals surface area contributed by atoms with Crippen LogP contribution in [0.2, 0.25) is 0 Å². The second kappa shape index (κ2) is 13.0. The molecule has 1 N–H and O–H groups in total. The molecular weight excluding hydrogens is 459 g/mol. The summed E-state index contributed by atoms with van der Waals surface area (Å²) in [5.41, 5.74) is 1.82. The van der Waals surface area contributed by atoms with Crippen LogP contribution in [-0.4, -0.2) is 23.7 Å². The number of aliphatic hydroxyl groups excluding tert-OH is 1. The second-order valence-corrected chi connectivity index (χ2v) is 8.41. The number of amides is 1. The molecule has 1 fully saturated rings. The Morgan fingerprint density at radius 3 is 2.72 bits per heavy atom. The van der Waals surface area contributed by atoms with Gasteiger partial charge in [-0.25, -0.2) is 0 Å². The molecule has 6 heteroatoms. The van der Waals surface area contributed by atoms with E-state index in [1.54, 1.807) is 11.3 Å². The topological polar surface area (TPSA) is 49.8 Å². The van der Waals surface area contributed by atoms with Crippen molar-refractivity contribution in [2.24, 2.45) is 0 Å². The first-order chi connectivity index (χ1) is 13.7. The maximum absolute atomic E-state index is 12.4. The van der Waals surface area contributed by atoms with Crippen molar-refractivity contribution in [2.75, 3.05) is 11.5 Å². The fraction of sp³-hybridized carbons (Fsp3) is 0.522. The molecular formula is C23H30NO3SY-. The normalized spacial score (nSPS) is 17.4. The van der Waals surface area contributed by atoms with Crippen LogP contribution in [0, 0.1) is 5.38 Å². The SMILES string of the molecule is CCCCCCC(O)c1ccc(N2C(=O)CC[C@@H]2COCc2cc[c-]s2)cc1.[Y]. The summed E-state index contributed by atoms with van der Waals surface area (Å²) < 4.78 is 5.84. The van der Waals surface area contributed by atoms with Crippen LogP contribution in [0.25, 0.3) is 0 Å². The van der Waals surface area contributed by atoms with Crippen LogP contribution in [0.1, 0.15) is 68.4 Å². The fourth-order valence-electron chi connectivity index (χ4n) is 3.69. The summed E-state index contributed by atoms with van der Waals surface area (Å²) in [7, 11) is 0. The van der Waals surface area contributed by atoms with E-state index in [2.05, 4.69) is 12.3 Å². The van der Waals surface area contributed by atoms with Crippen LogP contribution in [0.4, 0.5) is 5.69 Å². The maximum Gasteiger partial charge on any atom is 0.227 e. The summed E-state index contributed by atoms with van der Waals surface area (Å²) in [5.74, 6) is 0.144. The van der Waals surface area contributed by atoms with E-state index < -0.39 is 6.10 Å². The average Bonchev–Trinajstić information content (AvgIpc) is 3.35. The molecule has 0 saturated carbocycles. The number of hydrogen-bond acceptors (Lipinski definition) is 4. The molecule has 2 aromatic rings. The first kappa shape index (κ1) is 24.7. The molecule has 1 aliphatic heterocycles. The monoisotopic (exact) mass is 489 g/mol. The number of rotatable bonds is 11. The summed E-state index contributed by atoms with van der Waals surface area (Å²) in [5, 5.41) is 13.4. The van der Waals surface area contributed by atoms with Crippen LogP contribution in [0.3, 0.4) is 0 Å². The average molecular weight is 489 g/mol. The van der Waals surface area contributed by atoms with Crippen LogP contribution in [0.15, 0.2) is 36.4 Å². The smallest absolute Gasteiger partial charge is 0.227 e. The van der Waals surface area contributed by atoms with Crippen molar-refractivity contribution in [1.29, 1.82) is 0 Å². The predicted octanol–water partition coefficient (Wildman–Crippen LogP) is 5.26. The van der Waals surface area contributed by atoms with Gasteiger partial charge in [0.25, 0.3) is 0 Å². The van der Waals surface area contributed by atoms with E-state index in [4.69, 9.17) is 4.74 Å². The third-order valence-electron chi connectivity index (χ3n) is 5.29. The molecule has 0 bridgehead atoms. The Morgan fingerprint density at radius 2 is 2.03 bits per heavy atom. The van der Waals surface area contributed by atoms with Crippen LogP contribution >= 0.6 is 11.3 Å². The number of unbranched alkanes of at least 4 members (excludes halogenated alkanes) is 3. The Morgan fingerprint density at radius 1 is 1.24 bits per heavy atom. The van der Waals surface area contributed by atoms with Gasteiger partial charge in [0.05, 0.1) is 18.8 Å². The molecule has 1 saturated heterocycles. The molecule has 2 heterocycles. The van der Waals surface area contributed by atoms with Crippen LogP contribution in [0.5, 0.6) is 0 Å². The van der Waals surface area contributed by atoms with Gasteiger partial charge in [0.2, 0.25) is 5.91 Å². The van der Waals surface area contributed by atoms with E-state index in [9.17, 15) is 9.90 Å². The minimum absolute atomic E-state index is 0. The summed E-state index contributed by atoms with van der Waals surface area (Å²) in [4.78, 5) is 15.4. The number of anilines is 1. The molecule has 1 aromatic carbocycles. The number of nitrogens with zero attached hydrogens (tertiary/aromatic N) is 1. The van der Waals surface area contributed by atoms with E-state index in [0.717, 1.165) is 35.4 Å². The zero-order valence-electron chi connectivity index (χ0n) is 17.2. The van der Waals surface area contributed by atoms with E-state index in [1.807, 2.05) is 41.3 Å². The van der Waals surface area contributed by atoms with Gasteiger partial charge < -0.3 is 14.7 Å². The first-order valence-corrected chi connectivity index (χ1v) is 11.1. The minimum atomic E-state index is -0.429. The van der Waals surface area contributed by atoms with Gasteiger partial charge in [-0.3, -0.25) is 16.1 Å². The maximum atomic E-state index is 12.4. The van der Waals surface area contributed by atoms with Crippen molar-refractivity contribution in [3.05, 3.63) is 52.2 Å². The Balaban J connectivity index is 0.00000300. The molecule has 3 rings (SSSR count). The van der Waals surface area contributed by atoms with Gasteiger partial charge in [0, 0.05) is 51.4 Å². The van der Waals surface area contributed by atoms with Crippen molar-refractivity contribution in [1.82, 2.24) is 0 Å². The summed E-state index contributed by atoms with van der Waals surface area (Å²) in [6, 6.07) is 11.8. The molecule has 0 spiro atoms. The minimum Gasteiger partial charge on any atom is -0.388 e. The van der Waals surface area contributed by atoms with Crippen molar-refractivity contribution in [3.63, 3.8) is 0 Å². The number of hydrogen-bond donors (Lipinski definition) is 1. The molecule has 1 aromatic heterocycles. The number of carbonyl (C=O) groups is 1. The quantitative estimate of drug-likeness (QED) is 0.346. The third kappa shape index (κ3) is 7.25. The van der Waals surface area contributed by atoms with Gasteiger partial charge in [-0.1, -0.05) is 44.7 Å². The van der Waals surface area contributed by atoms with E-state index >= 15 is 0 Å². The Labute approximate surface area is 203 Å². The molecule has 1 unspecified atom stereocenters. The number of carbonyl (C=O) groups excluding carboxylic acids is 1. The Bertz CT molecular complexity index is 720. The molecule has 1 radical (unpaired) electrons. The van der Waals surface area contributed by atoms with Crippen LogP contribution in [-0.2, 0) is 48.8 Å². The molecule has 2 atom stereocenters. The third-order valence-corrected chi connectivity index (χ3v) is 6.06. The molecule has 29 heavy (non-hydrogen) atoms. The van der Waals surface area contributed by atoms with E-state index in [-0.39, 0.29) is 44.7 Å². The standard InChI is InChI=1S/C23H30NO3S.Y/c1-2-3-4-5-8-22(25)18-9-11-19(12-10-18)24-20(13-14-23(24)26)16-27-17-21-7-6-15-28-21;/h6-7,9-12,20,22,25H,2-5,8,13-14,16-17H2,1H3;/q-1;/t20-,22?;/m1./s1. The number of aliphatic hydroxyl groups is 1. The first-order valence-electron chi connectivity index (χ1n) is 10.3. The molecule has 1 aliphatic rings. The van der Waals surface area contributed by atoms with Gasteiger partial charge in [0.15, 0.2) is 0 Å². The van der Waals surface area contributed by atoms with E-state index in [0.29, 0.717) is 19.6 Å². The van der Waals surface area contributed by atoms with Gasteiger partial charge >= 0.3 is 0 Å². The van der Waals surface area contributed by atoms with Crippen LogP contribution < -0.4 is 4.90 Å². The molecule has 1 amide bonds. The largest absolute Gasteiger partial charge is 0.388 e. The summed E-state index contributed by atoms with van der Waals surface area (Å²) in [6.07, 6.45) is 6.37. The van der Waals surface area contributed by atoms with Crippen molar-refractivity contribution >= 4 is 22.9 Å². The van der Waals surface area contributed by atoms with Crippen molar-refractivity contribution in [3.8, 4) is 0 Å². The number of ether oxygens (including phenoxy) is 1. The van der Waals surface area contributed by atoms with Crippen molar-refractivity contribution < 1.29 is 47.3 Å². The second-order valence-electron chi connectivity index (χ2n) is 7.45. The van der Waals surface area contributed by atoms with Gasteiger partial charge in [-0.05, 0) is 30.5 Å². The molecule has 0 aliphatic carbocycles. The fourth-order valence-corrected chi connectivity index (χ4v) is 4.25. The Kier molecular flexibility index (Phi) is 11.0. The van der Waals surface area contributed by atoms with Crippen molar-refractivity contribution in [2.45, 2.75) is 70.6 Å². The number of benzene rings is 1.